The fourth-order valence-electron chi connectivity index (χ4n) is 1.78. The van der Waals surface area contributed by atoms with E-state index in [0.717, 1.165) is 10.2 Å². The minimum Gasteiger partial charge on any atom is -0.507 e. The van der Waals surface area contributed by atoms with Crippen molar-refractivity contribution in [1.29, 1.82) is 0 Å². The highest BCUT2D eigenvalue weighted by Gasteiger charge is 2.11. The normalized spacial score (nSPS) is 12.1. The van der Waals surface area contributed by atoms with Gasteiger partial charge in [-0.2, -0.15) is 5.10 Å². The Morgan fingerprint density at radius 2 is 2.13 bits per heavy atom. The van der Waals surface area contributed by atoms with Crippen LogP contribution in [-0.2, 0) is 4.79 Å². The molecule has 23 heavy (non-hydrogen) atoms. The topological polar surface area (TPSA) is 73.7 Å². The average molecular weight is 397 g/mol. The van der Waals surface area contributed by atoms with Crippen LogP contribution in [0.15, 0.2) is 52.0 Å². The molecule has 7 heteroatoms. The first-order valence-corrected chi connectivity index (χ1v) is 7.96. The SMILES string of the molecule is C[C@@H](Nc1cccc(Cl)c1)C(=O)NN=Cc1cc(Br)ccc1O. The van der Waals surface area contributed by atoms with Gasteiger partial charge in [0, 0.05) is 20.7 Å². The summed E-state index contributed by atoms with van der Waals surface area (Å²) in [7, 11) is 0. The highest BCUT2D eigenvalue weighted by molar-refractivity contribution is 9.10. The summed E-state index contributed by atoms with van der Waals surface area (Å²) in [4.78, 5) is 12.0. The van der Waals surface area contributed by atoms with Crippen LogP contribution in [0.25, 0.3) is 0 Å². The first kappa shape index (κ1) is 17.3. The minimum atomic E-state index is -0.498. The van der Waals surface area contributed by atoms with Crippen LogP contribution in [0.4, 0.5) is 5.69 Å². The Hall–Kier alpha value is -2.05. The van der Waals surface area contributed by atoms with E-state index in [2.05, 4.69) is 31.8 Å². The number of anilines is 1. The van der Waals surface area contributed by atoms with Crippen molar-refractivity contribution >= 4 is 45.3 Å². The molecule has 1 amide bonds. The van der Waals surface area contributed by atoms with Crippen molar-refractivity contribution in [3.05, 3.63) is 57.5 Å². The molecule has 2 rings (SSSR count). The van der Waals surface area contributed by atoms with E-state index >= 15 is 0 Å². The number of benzene rings is 2. The standard InChI is InChI=1S/C16H15BrClN3O2/c1-10(20-14-4-2-3-13(18)8-14)16(23)21-19-9-11-7-12(17)5-6-15(11)22/h2-10,20,22H,1H3,(H,21,23)/t10-/m1/s1. The summed E-state index contributed by atoms with van der Waals surface area (Å²) in [6, 6.07) is 11.5. The molecule has 0 fully saturated rings. The molecule has 0 radical (unpaired) electrons. The van der Waals surface area contributed by atoms with E-state index in [1.54, 1.807) is 37.3 Å². The van der Waals surface area contributed by atoms with Gasteiger partial charge in [-0.1, -0.05) is 33.6 Å². The number of phenols is 1. The quantitative estimate of drug-likeness (QED) is 0.532. The summed E-state index contributed by atoms with van der Waals surface area (Å²) in [6.07, 6.45) is 1.38. The zero-order valence-electron chi connectivity index (χ0n) is 12.3. The number of hydrogen-bond donors (Lipinski definition) is 3. The second-order valence-electron chi connectivity index (χ2n) is 4.81. The maximum atomic E-state index is 12.0. The fourth-order valence-corrected chi connectivity index (χ4v) is 2.35. The van der Waals surface area contributed by atoms with Crippen LogP contribution < -0.4 is 10.7 Å². The Labute approximate surface area is 147 Å². The van der Waals surface area contributed by atoms with Gasteiger partial charge in [0.05, 0.1) is 6.21 Å². The predicted molar refractivity (Wildman–Crippen MR) is 96.1 cm³/mol. The summed E-state index contributed by atoms with van der Waals surface area (Å²) < 4.78 is 0.805. The van der Waals surface area contributed by atoms with E-state index in [1.165, 1.54) is 12.3 Å². The van der Waals surface area contributed by atoms with Crippen LogP contribution in [0.1, 0.15) is 12.5 Å². The molecule has 0 bridgehead atoms. The molecule has 120 valence electrons. The second-order valence-corrected chi connectivity index (χ2v) is 6.17. The first-order chi connectivity index (χ1) is 11.0. The number of hydrazone groups is 1. The lowest BCUT2D eigenvalue weighted by molar-refractivity contribution is -0.121. The molecule has 5 nitrogen and oxygen atoms in total. The van der Waals surface area contributed by atoms with Gasteiger partial charge in [-0.15, -0.1) is 0 Å². The van der Waals surface area contributed by atoms with Crippen LogP contribution >= 0.6 is 27.5 Å². The predicted octanol–water partition coefficient (Wildman–Crippen LogP) is 3.76. The van der Waals surface area contributed by atoms with Gasteiger partial charge in [-0.3, -0.25) is 4.79 Å². The maximum Gasteiger partial charge on any atom is 0.262 e. The smallest absolute Gasteiger partial charge is 0.262 e. The summed E-state index contributed by atoms with van der Waals surface area (Å²) in [5, 5.41) is 17.1. The van der Waals surface area contributed by atoms with Gasteiger partial charge in [0.25, 0.3) is 5.91 Å². The molecule has 1 atom stereocenters. The Kier molecular flexibility index (Phi) is 6.01. The van der Waals surface area contributed by atoms with Gasteiger partial charge in [0.2, 0.25) is 0 Å². The van der Waals surface area contributed by atoms with Gasteiger partial charge in [-0.25, -0.2) is 5.43 Å². The first-order valence-electron chi connectivity index (χ1n) is 6.79. The van der Waals surface area contributed by atoms with E-state index in [9.17, 15) is 9.90 Å². The minimum absolute atomic E-state index is 0.0799. The number of phenolic OH excluding ortho intramolecular Hbond substituents is 1. The van der Waals surface area contributed by atoms with E-state index in [0.29, 0.717) is 10.6 Å². The summed E-state index contributed by atoms with van der Waals surface area (Å²) >= 11 is 9.20. The summed E-state index contributed by atoms with van der Waals surface area (Å²) in [5.74, 6) is -0.230. The average Bonchev–Trinajstić information content (AvgIpc) is 2.50. The number of nitrogens with one attached hydrogen (secondary N) is 2. The van der Waals surface area contributed by atoms with Crippen molar-refractivity contribution in [1.82, 2.24) is 5.43 Å². The zero-order chi connectivity index (χ0) is 16.8. The van der Waals surface area contributed by atoms with E-state index < -0.39 is 6.04 Å². The van der Waals surface area contributed by atoms with Crippen molar-refractivity contribution in [3.63, 3.8) is 0 Å². The Balaban J connectivity index is 1.93. The number of amides is 1. The molecule has 3 N–H and O–H groups in total. The molecule has 0 saturated heterocycles. The van der Waals surface area contributed by atoms with E-state index in [1.807, 2.05) is 6.07 Å². The van der Waals surface area contributed by atoms with Crippen LogP contribution in [0.5, 0.6) is 5.75 Å². The molecule has 0 saturated carbocycles. The van der Waals surface area contributed by atoms with Gasteiger partial charge in [0.15, 0.2) is 0 Å². The molecular formula is C16H15BrClN3O2. The second kappa shape index (κ2) is 7.99. The molecular weight excluding hydrogens is 382 g/mol. The number of carbonyl (C=O) groups excluding carboxylic acids is 1. The molecule has 0 aliphatic rings. The number of rotatable bonds is 5. The van der Waals surface area contributed by atoms with E-state index in [4.69, 9.17) is 11.6 Å². The molecule has 0 spiro atoms. The van der Waals surface area contributed by atoms with Crippen molar-refractivity contribution in [2.75, 3.05) is 5.32 Å². The molecule has 0 heterocycles. The maximum absolute atomic E-state index is 12.0. The van der Waals surface area contributed by atoms with Crippen LogP contribution in [0.2, 0.25) is 5.02 Å². The van der Waals surface area contributed by atoms with Gasteiger partial charge < -0.3 is 10.4 Å². The lowest BCUT2D eigenvalue weighted by atomic mass is 10.2. The van der Waals surface area contributed by atoms with Gasteiger partial charge >= 0.3 is 0 Å². The monoisotopic (exact) mass is 395 g/mol. The lowest BCUT2D eigenvalue weighted by Gasteiger charge is -2.13. The van der Waals surface area contributed by atoms with Crippen molar-refractivity contribution < 1.29 is 9.90 Å². The van der Waals surface area contributed by atoms with Crippen molar-refractivity contribution in [2.45, 2.75) is 13.0 Å². The molecule has 0 aliphatic heterocycles. The Morgan fingerprint density at radius 3 is 2.87 bits per heavy atom. The third kappa shape index (κ3) is 5.26. The highest BCUT2D eigenvalue weighted by atomic mass is 79.9. The number of halogens is 2. The molecule has 2 aromatic rings. The number of hydrogen-bond acceptors (Lipinski definition) is 4. The summed E-state index contributed by atoms with van der Waals surface area (Å²) in [5.41, 5.74) is 3.66. The van der Waals surface area contributed by atoms with E-state index in [-0.39, 0.29) is 11.7 Å². The van der Waals surface area contributed by atoms with Gasteiger partial charge in [-0.05, 0) is 43.3 Å². The van der Waals surface area contributed by atoms with Crippen LogP contribution in [0, 0.1) is 0 Å². The Morgan fingerprint density at radius 1 is 1.35 bits per heavy atom. The van der Waals surface area contributed by atoms with Crippen LogP contribution in [-0.4, -0.2) is 23.3 Å². The Bertz CT molecular complexity index is 737. The summed E-state index contributed by atoms with van der Waals surface area (Å²) in [6.45, 7) is 1.71. The highest BCUT2D eigenvalue weighted by Crippen LogP contribution is 2.20. The lowest BCUT2D eigenvalue weighted by Crippen LogP contribution is -2.34. The molecule has 0 aromatic heterocycles. The van der Waals surface area contributed by atoms with Gasteiger partial charge in [0.1, 0.15) is 11.8 Å². The van der Waals surface area contributed by atoms with Crippen LogP contribution in [0.3, 0.4) is 0 Å². The number of aromatic hydroxyl groups is 1. The zero-order valence-corrected chi connectivity index (χ0v) is 14.6. The van der Waals surface area contributed by atoms with Crippen molar-refractivity contribution in [3.8, 4) is 5.75 Å². The molecule has 2 aromatic carbocycles. The number of carbonyl (C=O) groups is 1. The fraction of sp³-hybridized carbons (Fsp3) is 0.125. The molecule has 0 unspecified atom stereocenters. The third-order valence-corrected chi connectivity index (χ3v) is 3.70. The number of nitrogens with zero attached hydrogens (tertiary/aromatic N) is 1. The third-order valence-electron chi connectivity index (χ3n) is 2.97. The molecule has 0 aliphatic carbocycles. The van der Waals surface area contributed by atoms with Crippen molar-refractivity contribution in [2.24, 2.45) is 5.10 Å². The largest absolute Gasteiger partial charge is 0.507 e.